The maximum atomic E-state index is 12.9. The molecule has 2 aromatic rings. The van der Waals surface area contributed by atoms with E-state index in [-0.39, 0.29) is 16.7 Å². The van der Waals surface area contributed by atoms with Gasteiger partial charge in [-0.2, -0.15) is 0 Å². The number of nitrogens with zero attached hydrogens (tertiary/aromatic N) is 2. The van der Waals surface area contributed by atoms with Crippen molar-refractivity contribution in [2.75, 3.05) is 12.3 Å². The van der Waals surface area contributed by atoms with Gasteiger partial charge in [0.25, 0.3) is 5.91 Å². The zero-order valence-electron chi connectivity index (χ0n) is 13.8. The average molecular weight is 326 g/mol. The zero-order valence-corrected chi connectivity index (χ0v) is 14.6. The second-order valence-electron chi connectivity index (χ2n) is 6.83. The maximum absolute atomic E-state index is 12.9. The highest BCUT2D eigenvalue weighted by Gasteiger charge is 2.31. The number of benzene rings is 1. The lowest BCUT2D eigenvalue weighted by molar-refractivity contribution is 0.0760. The fourth-order valence-corrected chi connectivity index (χ4v) is 4.02. The van der Waals surface area contributed by atoms with Crippen LogP contribution < -0.4 is 0 Å². The molecule has 3 nitrogen and oxygen atoms in total. The first-order valence-corrected chi connectivity index (χ1v) is 8.95. The lowest BCUT2D eigenvalue weighted by Gasteiger charge is -2.25. The highest BCUT2D eigenvalue weighted by molar-refractivity contribution is 7.99. The van der Waals surface area contributed by atoms with E-state index in [1.807, 2.05) is 40.9 Å². The topological polar surface area (TPSA) is 33.2 Å². The molecule has 2 heterocycles. The molecule has 1 unspecified atom stereocenters. The average Bonchev–Trinajstić information content (AvgIpc) is 3.04. The molecule has 0 spiro atoms. The van der Waals surface area contributed by atoms with Crippen LogP contribution in [-0.4, -0.2) is 28.1 Å². The first kappa shape index (κ1) is 16.1. The minimum atomic E-state index is 0.0905. The van der Waals surface area contributed by atoms with Gasteiger partial charge in [-0.25, -0.2) is 0 Å². The summed E-state index contributed by atoms with van der Waals surface area (Å²) in [5.41, 5.74) is 3.25. The van der Waals surface area contributed by atoms with Gasteiger partial charge in [-0.15, -0.1) is 11.8 Å². The summed E-state index contributed by atoms with van der Waals surface area (Å²) >= 11 is 1.81. The van der Waals surface area contributed by atoms with Gasteiger partial charge in [-0.05, 0) is 40.8 Å². The molecule has 1 saturated heterocycles. The van der Waals surface area contributed by atoms with E-state index in [4.69, 9.17) is 0 Å². The van der Waals surface area contributed by atoms with E-state index >= 15 is 0 Å². The molecule has 1 amide bonds. The van der Waals surface area contributed by atoms with Crippen LogP contribution in [0.1, 0.15) is 47.6 Å². The number of carbonyl (C=O) groups is 1. The Labute approximate surface area is 142 Å². The molecule has 3 rings (SSSR count). The van der Waals surface area contributed by atoms with Crippen molar-refractivity contribution in [3.8, 4) is 0 Å². The fourth-order valence-electron chi connectivity index (χ4n) is 2.76. The summed E-state index contributed by atoms with van der Waals surface area (Å²) in [5.74, 6) is 1.08. The Bertz CT molecular complexity index is 677. The van der Waals surface area contributed by atoms with Crippen molar-refractivity contribution in [2.24, 2.45) is 0 Å². The Hall–Kier alpha value is -1.81. The van der Waals surface area contributed by atoms with Crippen LogP contribution in [0, 0.1) is 0 Å². The summed E-state index contributed by atoms with van der Waals surface area (Å²) in [7, 11) is 0. The summed E-state index contributed by atoms with van der Waals surface area (Å²) in [6, 6.07) is 12.0. The first-order valence-electron chi connectivity index (χ1n) is 7.90. The number of aromatic nitrogens is 1. The number of amides is 1. The van der Waals surface area contributed by atoms with Gasteiger partial charge in [0.05, 0.1) is 0 Å². The molecule has 4 heteroatoms. The highest BCUT2D eigenvalue weighted by atomic mass is 32.2. The number of carbonyl (C=O) groups excluding carboxylic acids is 1. The van der Waals surface area contributed by atoms with Crippen LogP contribution >= 0.6 is 11.8 Å². The minimum Gasteiger partial charge on any atom is -0.322 e. The summed E-state index contributed by atoms with van der Waals surface area (Å²) < 4.78 is 0. The monoisotopic (exact) mass is 326 g/mol. The SMILES string of the molecule is CC(C)(C)c1ccc(C(=O)N2CCSC2c2ccncc2)cc1. The molecule has 23 heavy (non-hydrogen) atoms. The van der Waals surface area contributed by atoms with Gasteiger partial charge >= 0.3 is 0 Å². The van der Waals surface area contributed by atoms with E-state index in [2.05, 4.69) is 37.9 Å². The number of rotatable bonds is 2. The summed E-state index contributed by atoms with van der Waals surface area (Å²) in [6.07, 6.45) is 3.57. The van der Waals surface area contributed by atoms with Crippen molar-refractivity contribution in [1.82, 2.24) is 9.88 Å². The van der Waals surface area contributed by atoms with Crippen LogP contribution in [0.25, 0.3) is 0 Å². The van der Waals surface area contributed by atoms with Gasteiger partial charge in [0.1, 0.15) is 5.37 Å². The molecule has 1 atom stereocenters. The number of thioether (sulfide) groups is 1. The van der Waals surface area contributed by atoms with E-state index in [9.17, 15) is 4.79 Å². The molecule has 1 aromatic carbocycles. The predicted molar refractivity (Wildman–Crippen MR) is 95.6 cm³/mol. The summed E-state index contributed by atoms with van der Waals surface area (Å²) in [6.45, 7) is 7.33. The Morgan fingerprint density at radius 3 is 2.39 bits per heavy atom. The van der Waals surface area contributed by atoms with Crippen molar-refractivity contribution in [1.29, 1.82) is 0 Å². The lowest BCUT2D eigenvalue weighted by Crippen LogP contribution is -2.30. The molecule has 0 radical (unpaired) electrons. The summed E-state index contributed by atoms with van der Waals surface area (Å²) in [5, 5.41) is 0.0905. The van der Waals surface area contributed by atoms with Gasteiger partial charge in [-0.3, -0.25) is 9.78 Å². The molecule has 1 aromatic heterocycles. The van der Waals surface area contributed by atoms with E-state index in [1.165, 1.54) is 5.56 Å². The Morgan fingerprint density at radius 2 is 1.78 bits per heavy atom. The third-order valence-corrected chi connectivity index (χ3v) is 5.40. The molecule has 120 valence electrons. The van der Waals surface area contributed by atoms with Crippen molar-refractivity contribution < 1.29 is 4.79 Å². The van der Waals surface area contributed by atoms with Crippen LogP contribution in [0.15, 0.2) is 48.8 Å². The lowest BCUT2D eigenvalue weighted by atomic mass is 9.86. The normalized spacial score (nSPS) is 18.2. The Kier molecular flexibility index (Phi) is 4.44. The quantitative estimate of drug-likeness (QED) is 0.826. The smallest absolute Gasteiger partial charge is 0.255 e. The zero-order chi connectivity index (χ0) is 16.4. The van der Waals surface area contributed by atoms with Gasteiger partial charge in [0.15, 0.2) is 0 Å². The highest BCUT2D eigenvalue weighted by Crippen LogP contribution is 2.38. The van der Waals surface area contributed by atoms with Gasteiger partial charge in [0, 0.05) is 30.3 Å². The van der Waals surface area contributed by atoms with Crippen molar-refractivity contribution in [2.45, 2.75) is 31.6 Å². The standard InChI is InChI=1S/C19H22N2OS/c1-19(2,3)16-6-4-14(5-7-16)17(22)21-12-13-23-18(21)15-8-10-20-11-9-15/h4-11,18H,12-13H2,1-3H3. The Morgan fingerprint density at radius 1 is 1.13 bits per heavy atom. The van der Waals surface area contributed by atoms with E-state index < -0.39 is 0 Å². The molecule has 1 aliphatic rings. The van der Waals surface area contributed by atoms with E-state index in [1.54, 1.807) is 12.4 Å². The maximum Gasteiger partial charge on any atom is 0.255 e. The number of hydrogen-bond donors (Lipinski definition) is 0. The van der Waals surface area contributed by atoms with Crippen LogP contribution in [0.4, 0.5) is 0 Å². The third-order valence-electron chi connectivity index (χ3n) is 4.14. The largest absolute Gasteiger partial charge is 0.322 e. The van der Waals surface area contributed by atoms with E-state index in [0.717, 1.165) is 23.4 Å². The first-order chi connectivity index (χ1) is 11.0. The minimum absolute atomic E-state index is 0.0905. The third kappa shape index (κ3) is 3.42. The number of pyridine rings is 1. The Balaban J connectivity index is 1.82. The van der Waals surface area contributed by atoms with E-state index in [0.29, 0.717) is 0 Å². The van der Waals surface area contributed by atoms with Crippen LogP contribution in [0.5, 0.6) is 0 Å². The van der Waals surface area contributed by atoms with Crippen molar-refractivity contribution >= 4 is 17.7 Å². The fraction of sp³-hybridized carbons (Fsp3) is 0.368. The number of hydrogen-bond acceptors (Lipinski definition) is 3. The van der Waals surface area contributed by atoms with Gasteiger partial charge in [0.2, 0.25) is 0 Å². The van der Waals surface area contributed by atoms with Crippen LogP contribution in [-0.2, 0) is 5.41 Å². The van der Waals surface area contributed by atoms with Crippen LogP contribution in [0.2, 0.25) is 0 Å². The van der Waals surface area contributed by atoms with Gasteiger partial charge in [-0.1, -0.05) is 32.9 Å². The predicted octanol–water partition coefficient (Wildman–Crippen LogP) is 4.27. The van der Waals surface area contributed by atoms with Crippen molar-refractivity contribution in [3.05, 3.63) is 65.5 Å². The molecular formula is C19H22N2OS. The second kappa shape index (κ2) is 6.36. The summed E-state index contributed by atoms with van der Waals surface area (Å²) in [4.78, 5) is 18.9. The molecule has 0 N–H and O–H groups in total. The molecule has 0 saturated carbocycles. The molecule has 0 bridgehead atoms. The molecule has 1 fully saturated rings. The second-order valence-corrected chi connectivity index (χ2v) is 8.02. The van der Waals surface area contributed by atoms with Crippen molar-refractivity contribution in [3.63, 3.8) is 0 Å². The molecule has 1 aliphatic heterocycles. The van der Waals surface area contributed by atoms with Gasteiger partial charge < -0.3 is 4.90 Å². The molecule has 0 aliphatic carbocycles. The molecular weight excluding hydrogens is 304 g/mol. The van der Waals surface area contributed by atoms with Crippen LogP contribution in [0.3, 0.4) is 0 Å².